The first-order valence-corrected chi connectivity index (χ1v) is 6.56. The van der Waals surface area contributed by atoms with Crippen LogP contribution in [-0.2, 0) is 16.0 Å². The van der Waals surface area contributed by atoms with Crippen LogP contribution < -0.4 is 0 Å². The lowest BCUT2D eigenvalue weighted by Crippen LogP contribution is -2.13. The van der Waals surface area contributed by atoms with E-state index in [0.717, 1.165) is 37.0 Å². The molecule has 1 aromatic heterocycles. The molecule has 1 aliphatic carbocycles. The molecule has 0 N–H and O–H groups in total. The summed E-state index contributed by atoms with van der Waals surface area (Å²) >= 11 is 1.70. The van der Waals surface area contributed by atoms with Crippen molar-refractivity contribution in [2.45, 2.75) is 32.1 Å². The molecule has 0 saturated carbocycles. The van der Waals surface area contributed by atoms with E-state index in [9.17, 15) is 4.79 Å². The van der Waals surface area contributed by atoms with E-state index in [0.29, 0.717) is 6.42 Å². The molecule has 0 saturated heterocycles. The number of methoxy groups -OCH3 is 1. The van der Waals surface area contributed by atoms with Crippen molar-refractivity contribution in [2.24, 2.45) is 0 Å². The fraction of sp³-hybridized carbons (Fsp3) is 0.462. The van der Waals surface area contributed by atoms with Crippen LogP contribution in [-0.4, -0.2) is 12.9 Å². The molecule has 0 aromatic carbocycles. The molecular formula is C13H16O2S. The number of rotatable bonds is 4. The third-order valence-corrected chi connectivity index (χ3v) is 3.70. The van der Waals surface area contributed by atoms with Crippen molar-refractivity contribution in [2.75, 3.05) is 7.11 Å². The Morgan fingerprint density at radius 2 is 2.25 bits per heavy atom. The summed E-state index contributed by atoms with van der Waals surface area (Å²) in [6.07, 6.45) is 4.30. The zero-order valence-corrected chi connectivity index (χ0v) is 10.3. The molecule has 2 nitrogen and oxygen atoms in total. The molecule has 1 aromatic rings. The van der Waals surface area contributed by atoms with Gasteiger partial charge < -0.3 is 4.74 Å². The lowest BCUT2D eigenvalue weighted by Gasteiger charge is -2.17. The fourth-order valence-electron chi connectivity index (χ4n) is 2.08. The van der Waals surface area contributed by atoms with Crippen molar-refractivity contribution in [1.29, 1.82) is 0 Å². The van der Waals surface area contributed by atoms with Crippen LogP contribution in [0.3, 0.4) is 0 Å². The highest BCUT2D eigenvalue weighted by molar-refractivity contribution is 7.07. The van der Waals surface area contributed by atoms with Gasteiger partial charge in [-0.25, -0.2) is 0 Å². The van der Waals surface area contributed by atoms with E-state index in [1.54, 1.807) is 18.4 Å². The number of aryl methyl sites for hydroxylation is 1. The minimum atomic E-state index is 0.276. The molecule has 0 radical (unpaired) electrons. The van der Waals surface area contributed by atoms with Crippen LogP contribution in [0.15, 0.2) is 28.2 Å². The first-order chi connectivity index (χ1) is 7.81. The summed E-state index contributed by atoms with van der Waals surface area (Å²) < 4.78 is 5.31. The van der Waals surface area contributed by atoms with Gasteiger partial charge >= 0.3 is 0 Å². The fourth-order valence-corrected chi connectivity index (χ4v) is 2.78. The largest absolute Gasteiger partial charge is 0.501 e. The van der Waals surface area contributed by atoms with Crippen molar-refractivity contribution in [3.8, 4) is 0 Å². The molecule has 0 fully saturated rings. The maximum atomic E-state index is 11.8. The summed E-state index contributed by atoms with van der Waals surface area (Å²) in [6, 6.07) is 2.12. The van der Waals surface area contributed by atoms with Crippen molar-refractivity contribution >= 4 is 17.1 Å². The average Bonchev–Trinajstić information content (AvgIpc) is 2.80. The normalized spacial score (nSPS) is 16.7. The monoisotopic (exact) mass is 236 g/mol. The summed E-state index contributed by atoms with van der Waals surface area (Å²) in [5.74, 6) is 1.19. The first-order valence-electron chi connectivity index (χ1n) is 5.61. The highest BCUT2D eigenvalue weighted by atomic mass is 32.1. The predicted molar refractivity (Wildman–Crippen MR) is 65.5 cm³/mol. The highest BCUT2D eigenvalue weighted by Crippen LogP contribution is 2.26. The molecule has 3 heteroatoms. The number of ketones is 1. The predicted octanol–water partition coefficient (Wildman–Crippen LogP) is 3.33. The van der Waals surface area contributed by atoms with Crippen LogP contribution in [0.25, 0.3) is 0 Å². The van der Waals surface area contributed by atoms with E-state index in [1.165, 1.54) is 5.56 Å². The van der Waals surface area contributed by atoms with E-state index in [1.807, 2.05) is 0 Å². The van der Waals surface area contributed by atoms with E-state index < -0.39 is 0 Å². The van der Waals surface area contributed by atoms with Gasteiger partial charge in [-0.3, -0.25) is 4.79 Å². The zero-order chi connectivity index (χ0) is 11.4. The highest BCUT2D eigenvalue weighted by Gasteiger charge is 2.20. The molecule has 1 aliphatic rings. The zero-order valence-electron chi connectivity index (χ0n) is 9.49. The summed E-state index contributed by atoms with van der Waals surface area (Å²) in [5, 5.41) is 4.21. The average molecular weight is 236 g/mol. The van der Waals surface area contributed by atoms with Crippen molar-refractivity contribution < 1.29 is 9.53 Å². The number of thiophene rings is 1. The number of ether oxygens (including phenoxy) is 1. The van der Waals surface area contributed by atoms with Gasteiger partial charge in [0.05, 0.1) is 7.11 Å². The van der Waals surface area contributed by atoms with Crippen LogP contribution in [0.4, 0.5) is 0 Å². The van der Waals surface area contributed by atoms with Gasteiger partial charge in [0.1, 0.15) is 5.76 Å². The lowest BCUT2D eigenvalue weighted by molar-refractivity contribution is -0.116. The number of hydrogen-bond donors (Lipinski definition) is 0. The second-order valence-corrected chi connectivity index (χ2v) is 4.79. The standard InChI is InChI=1S/C13H16O2S/c1-15-13-4-2-3-12(14)11(13)6-5-10-7-8-16-9-10/h7-9H,2-6H2,1H3. The summed E-state index contributed by atoms with van der Waals surface area (Å²) in [4.78, 5) is 11.8. The van der Waals surface area contributed by atoms with Crippen LogP contribution in [0.5, 0.6) is 0 Å². The maximum absolute atomic E-state index is 11.8. The Labute approximate surface area is 99.9 Å². The summed E-state index contributed by atoms with van der Waals surface area (Å²) in [5.41, 5.74) is 2.23. The number of allylic oxidation sites excluding steroid dienone is 2. The van der Waals surface area contributed by atoms with Crippen molar-refractivity contribution in [3.05, 3.63) is 33.7 Å². The molecule has 1 heterocycles. The molecule has 2 rings (SSSR count). The summed E-state index contributed by atoms with van der Waals surface area (Å²) in [7, 11) is 1.67. The van der Waals surface area contributed by atoms with Gasteiger partial charge in [0.15, 0.2) is 5.78 Å². The lowest BCUT2D eigenvalue weighted by atomic mass is 9.92. The van der Waals surface area contributed by atoms with Gasteiger partial charge in [-0.15, -0.1) is 0 Å². The number of carbonyl (C=O) groups is 1. The van der Waals surface area contributed by atoms with Gasteiger partial charge in [-0.2, -0.15) is 11.3 Å². The van der Waals surface area contributed by atoms with Gasteiger partial charge in [0, 0.05) is 18.4 Å². The van der Waals surface area contributed by atoms with E-state index in [4.69, 9.17) is 4.74 Å². The first kappa shape index (κ1) is 11.4. The van der Waals surface area contributed by atoms with Crippen LogP contribution >= 0.6 is 11.3 Å². The second kappa shape index (κ2) is 5.30. The SMILES string of the molecule is COC1=C(CCc2ccsc2)C(=O)CCC1. The Morgan fingerprint density at radius 3 is 2.94 bits per heavy atom. The van der Waals surface area contributed by atoms with Crippen LogP contribution in [0.2, 0.25) is 0 Å². The van der Waals surface area contributed by atoms with Crippen LogP contribution in [0.1, 0.15) is 31.2 Å². The van der Waals surface area contributed by atoms with Crippen LogP contribution in [0, 0.1) is 0 Å². The minimum Gasteiger partial charge on any atom is -0.501 e. The summed E-state index contributed by atoms with van der Waals surface area (Å²) in [6.45, 7) is 0. The Bertz CT molecular complexity index is 390. The molecule has 0 spiro atoms. The van der Waals surface area contributed by atoms with E-state index >= 15 is 0 Å². The Kier molecular flexibility index (Phi) is 3.78. The smallest absolute Gasteiger partial charge is 0.162 e. The quantitative estimate of drug-likeness (QED) is 0.801. The van der Waals surface area contributed by atoms with E-state index in [2.05, 4.69) is 16.8 Å². The third kappa shape index (κ3) is 2.53. The molecule has 86 valence electrons. The van der Waals surface area contributed by atoms with Crippen molar-refractivity contribution in [1.82, 2.24) is 0 Å². The van der Waals surface area contributed by atoms with E-state index in [-0.39, 0.29) is 5.78 Å². The Hall–Kier alpha value is -1.09. The van der Waals surface area contributed by atoms with Gasteiger partial charge in [-0.1, -0.05) is 0 Å². The molecule has 0 unspecified atom stereocenters. The molecular weight excluding hydrogens is 220 g/mol. The van der Waals surface area contributed by atoms with Gasteiger partial charge in [-0.05, 0) is 41.7 Å². The van der Waals surface area contributed by atoms with Gasteiger partial charge in [0.2, 0.25) is 0 Å². The van der Waals surface area contributed by atoms with Gasteiger partial charge in [0.25, 0.3) is 0 Å². The minimum absolute atomic E-state index is 0.276. The Morgan fingerprint density at radius 1 is 1.38 bits per heavy atom. The molecule has 0 atom stereocenters. The maximum Gasteiger partial charge on any atom is 0.162 e. The third-order valence-electron chi connectivity index (χ3n) is 2.97. The molecule has 16 heavy (non-hydrogen) atoms. The molecule has 0 amide bonds. The molecule has 0 bridgehead atoms. The molecule has 0 aliphatic heterocycles. The van der Waals surface area contributed by atoms with Crippen molar-refractivity contribution in [3.63, 3.8) is 0 Å². The topological polar surface area (TPSA) is 26.3 Å². The number of hydrogen-bond acceptors (Lipinski definition) is 3. The number of carbonyl (C=O) groups excluding carboxylic acids is 1. The second-order valence-electron chi connectivity index (χ2n) is 4.01. The number of Topliss-reactive ketones (excluding diaryl/α,β-unsaturated/α-hetero) is 1. The Balaban J connectivity index is 2.05.